The number of nitrogens with two attached hydrogens (primary N) is 1. The van der Waals surface area contributed by atoms with Gasteiger partial charge in [0.2, 0.25) is 0 Å². The Balaban J connectivity index is 2.20. The summed E-state index contributed by atoms with van der Waals surface area (Å²) < 4.78 is 37.4. The molecule has 2 heterocycles. The van der Waals surface area contributed by atoms with E-state index in [0.29, 0.717) is 5.82 Å². The second-order valence-electron chi connectivity index (χ2n) is 4.42. The van der Waals surface area contributed by atoms with E-state index in [1.165, 1.54) is 0 Å². The van der Waals surface area contributed by atoms with Crippen LogP contribution in [0.1, 0.15) is 5.56 Å². The zero-order chi connectivity index (χ0) is 13.3. The second kappa shape index (κ2) is 4.64. The highest BCUT2D eigenvalue weighted by molar-refractivity contribution is 5.63. The van der Waals surface area contributed by atoms with Crippen molar-refractivity contribution in [1.82, 2.24) is 9.88 Å². The average molecular weight is 260 g/mol. The number of halogens is 3. The summed E-state index contributed by atoms with van der Waals surface area (Å²) >= 11 is 0. The number of alkyl halides is 3. The Bertz CT molecular complexity index is 425. The van der Waals surface area contributed by atoms with Gasteiger partial charge in [-0.05, 0) is 13.1 Å². The molecule has 0 aromatic carbocycles. The predicted octanol–water partition coefficient (Wildman–Crippen LogP) is 1.43. The zero-order valence-corrected chi connectivity index (χ0v) is 10.0. The van der Waals surface area contributed by atoms with E-state index in [4.69, 9.17) is 5.73 Å². The van der Waals surface area contributed by atoms with E-state index in [9.17, 15) is 13.2 Å². The van der Waals surface area contributed by atoms with Gasteiger partial charge >= 0.3 is 6.18 Å². The third kappa shape index (κ3) is 2.66. The number of hydrogen-bond acceptors (Lipinski definition) is 4. The van der Waals surface area contributed by atoms with Crippen LogP contribution in [0.4, 0.5) is 24.7 Å². The SMILES string of the molecule is CN1CCN(c2ncc(C(F)(F)F)cc2N)CC1. The number of rotatable bonds is 1. The molecule has 2 rings (SSSR count). The highest BCUT2D eigenvalue weighted by atomic mass is 19.4. The van der Waals surface area contributed by atoms with Crippen molar-refractivity contribution in [2.45, 2.75) is 6.18 Å². The lowest BCUT2D eigenvalue weighted by Crippen LogP contribution is -2.45. The number of anilines is 2. The summed E-state index contributed by atoms with van der Waals surface area (Å²) in [4.78, 5) is 7.92. The fourth-order valence-electron chi connectivity index (χ4n) is 1.91. The molecule has 18 heavy (non-hydrogen) atoms. The Hall–Kier alpha value is -1.50. The monoisotopic (exact) mass is 260 g/mol. The molecule has 4 nitrogen and oxygen atoms in total. The van der Waals surface area contributed by atoms with Gasteiger partial charge in [-0.3, -0.25) is 0 Å². The molecule has 100 valence electrons. The van der Waals surface area contributed by atoms with Gasteiger partial charge in [0.25, 0.3) is 0 Å². The number of hydrogen-bond donors (Lipinski definition) is 1. The third-order valence-electron chi connectivity index (χ3n) is 3.03. The molecule has 0 atom stereocenters. The molecule has 0 amide bonds. The molecule has 0 spiro atoms. The lowest BCUT2D eigenvalue weighted by molar-refractivity contribution is -0.137. The highest BCUT2D eigenvalue weighted by Gasteiger charge is 2.32. The molecule has 0 bridgehead atoms. The van der Waals surface area contributed by atoms with Crippen molar-refractivity contribution in [1.29, 1.82) is 0 Å². The molecule has 2 N–H and O–H groups in total. The summed E-state index contributed by atoms with van der Waals surface area (Å²) in [5.41, 5.74) is 4.94. The van der Waals surface area contributed by atoms with Crippen molar-refractivity contribution in [3.8, 4) is 0 Å². The van der Waals surface area contributed by atoms with Crippen molar-refractivity contribution in [3.63, 3.8) is 0 Å². The Morgan fingerprint density at radius 3 is 2.33 bits per heavy atom. The van der Waals surface area contributed by atoms with Gasteiger partial charge in [0.05, 0.1) is 11.3 Å². The van der Waals surface area contributed by atoms with Gasteiger partial charge in [0, 0.05) is 32.4 Å². The van der Waals surface area contributed by atoms with Crippen molar-refractivity contribution in [2.24, 2.45) is 0 Å². The van der Waals surface area contributed by atoms with Gasteiger partial charge in [0.15, 0.2) is 5.82 Å². The number of pyridine rings is 1. The van der Waals surface area contributed by atoms with Crippen LogP contribution >= 0.6 is 0 Å². The molecule has 0 unspecified atom stereocenters. The lowest BCUT2D eigenvalue weighted by Gasteiger charge is -2.33. The van der Waals surface area contributed by atoms with Crippen molar-refractivity contribution < 1.29 is 13.2 Å². The fraction of sp³-hybridized carbons (Fsp3) is 0.545. The number of aromatic nitrogens is 1. The Labute approximate surface area is 103 Å². The summed E-state index contributed by atoms with van der Waals surface area (Å²) in [5.74, 6) is 0.441. The van der Waals surface area contributed by atoms with Crippen LogP contribution in [0.5, 0.6) is 0 Å². The topological polar surface area (TPSA) is 45.4 Å². The number of nitrogen functional groups attached to an aromatic ring is 1. The van der Waals surface area contributed by atoms with E-state index in [1.807, 2.05) is 11.9 Å². The minimum absolute atomic E-state index is 0.0781. The van der Waals surface area contributed by atoms with Crippen molar-refractivity contribution in [3.05, 3.63) is 17.8 Å². The molecule has 0 saturated carbocycles. The van der Waals surface area contributed by atoms with E-state index < -0.39 is 11.7 Å². The van der Waals surface area contributed by atoms with Gasteiger partial charge in [-0.1, -0.05) is 0 Å². The predicted molar refractivity (Wildman–Crippen MR) is 63.4 cm³/mol. The van der Waals surface area contributed by atoms with E-state index in [2.05, 4.69) is 9.88 Å². The number of nitrogens with zero attached hydrogens (tertiary/aromatic N) is 3. The summed E-state index contributed by atoms with van der Waals surface area (Å²) in [6.45, 7) is 3.14. The van der Waals surface area contributed by atoms with Crippen LogP contribution in [0.3, 0.4) is 0 Å². The van der Waals surface area contributed by atoms with E-state index in [0.717, 1.165) is 38.4 Å². The zero-order valence-electron chi connectivity index (χ0n) is 10.0. The minimum atomic E-state index is -4.40. The molecule has 7 heteroatoms. The van der Waals surface area contributed by atoms with Crippen LogP contribution in [0.2, 0.25) is 0 Å². The first kappa shape index (κ1) is 12.9. The minimum Gasteiger partial charge on any atom is -0.396 e. The van der Waals surface area contributed by atoms with Gasteiger partial charge in [-0.15, -0.1) is 0 Å². The van der Waals surface area contributed by atoms with E-state index in [1.54, 1.807) is 0 Å². The fourth-order valence-corrected chi connectivity index (χ4v) is 1.91. The Morgan fingerprint density at radius 1 is 1.22 bits per heavy atom. The summed E-state index contributed by atoms with van der Waals surface area (Å²) in [6.07, 6.45) is -3.56. The molecule has 1 saturated heterocycles. The number of piperazine rings is 1. The second-order valence-corrected chi connectivity index (χ2v) is 4.42. The first-order valence-electron chi connectivity index (χ1n) is 5.64. The molecular formula is C11H15F3N4. The van der Waals surface area contributed by atoms with Gasteiger partial charge in [-0.2, -0.15) is 13.2 Å². The molecule has 1 aliphatic heterocycles. The lowest BCUT2D eigenvalue weighted by atomic mass is 10.2. The van der Waals surface area contributed by atoms with Crippen LogP contribution < -0.4 is 10.6 Å². The average Bonchev–Trinajstić information content (AvgIpc) is 2.29. The maximum Gasteiger partial charge on any atom is 0.417 e. The molecule has 0 aliphatic carbocycles. The molecular weight excluding hydrogens is 245 g/mol. The van der Waals surface area contributed by atoms with Crippen LogP contribution in [0, 0.1) is 0 Å². The quantitative estimate of drug-likeness (QED) is 0.829. The van der Waals surface area contributed by atoms with Gasteiger partial charge < -0.3 is 15.5 Å². The van der Waals surface area contributed by atoms with Crippen LogP contribution in [0.15, 0.2) is 12.3 Å². The number of likely N-dealkylation sites (N-methyl/N-ethyl adjacent to an activating group) is 1. The van der Waals surface area contributed by atoms with Gasteiger partial charge in [0.1, 0.15) is 0 Å². The van der Waals surface area contributed by atoms with Crippen LogP contribution in [0.25, 0.3) is 0 Å². The first-order chi connectivity index (χ1) is 8.38. The normalized spacial score (nSPS) is 18.1. The van der Waals surface area contributed by atoms with Gasteiger partial charge in [-0.25, -0.2) is 4.98 Å². The summed E-state index contributed by atoms with van der Waals surface area (Å²) in [6, 6.07) is 0.945. The summed E-state index contributed by atoms with van der Waals surface area (Å²) in [7, 11) is 2.00. The molecule has 1 aliphatic rings. The Morgan fingerprint density at radius 2 is 1.83 bits per heavy atom. The first-order valence-corrected chi connectivity index (χ1v) is 5.64. The molecule has 1 aromatic heterocycles. The Kier molecular flexibility index (Phi) is 3.34. The standard InChI is InChI=1S/C11H15F3N4/c1-17-2-4-18(5-3-17)10-9(15)6-8(7-16-10)11(12,13)14/h6-7H,2-5,15H2,1H3. The molecule has 1 aromatic rings. The summed E-state index contributed by atoms with van der Waals surface area (Å²) in [5, 5.41) is 0. The highest BCUT2D eigenvalue weighted by Crippen LogP contribution is 2.32. The van der Waals surface area contributed by atoms with Crippen LogP contribution in [-0.4, -0.2) is 43.1 Å². The largest absolute Gasteiger partial charge is 0.417 e. The van der Waals surface area contributed by atoms with Crippen molar-refractivity contribution in [2.75, 3.05) is 43.9 Å². The maximum absolute atomic E-state index is 12.5. The maximum atomic E-state index is 12.5. The van der Waals surface area contributed by atoms with E-state index in [-0.39, 0.29) is 5.69 Å². The molecule has 1 fully saturated rings. The van der Waals surface area contributed by atoms with Crippen LogP contribution in [-0.2, 0) is 6.18 Å². The van der Waals surface area contributed by atoms with Crippen molar-refractivity contribution >= 4 is 11.5 Å². The van der Waals surface area contributed by atoms with E-state index >= 15 is 0 Å². The third-order valence-corrected chi connectivity index (χ3v) is 3.03. The smallest absolute Gasteiger partial charge is 0.396 e. The molecule has 0 radical (unpaired) electrons.